The van der Waals surface area contributed by atoms with Crippen molar-refractivity contribution < 1.29 is 13.9 Å². The Kier molecular flexibility index (Phi) is 5.58. The van der Waals surface area contributed by atoms with Gasteiger partial charge in [-0.25, -0.2) is 0 Å². The average Bonchev–Trinajstić information content (AvgIpc) is 3.12. The molecule has 2 aromatic carbocycles. The zero-order valence-electron chi connectivity index (χ0n) is 15.8. The Morgan fingerprint density at radius 2 is 1.89 bits per heavy atom. The highest BCUT2D eigenvalue weighted by Crippen LogP contribution is 2.26. The van der Waals surface area contributed by atoms with Crippen molar-refractivity contribution in [2.45, 2.75) is 38.6 Å². The molecule has 0 bridgehead atoms. The van der Waals surface area contributed by atoms with Crippen molar-refractivity contribution in [2.24, 2.45) is 0 Å². The van der Waals surface area contributed by atoms with Gasteiger partial charge in [0.2, 0.25) is 0 Å². The minimum Gasteiger partial charge on any atom is -0.492 e. The second kappa shape index (κ2) is 8.44. The van der Waals surface area contributed by atoms with Crippen molar-refractivity contribution in [3.05, 3.63) is 48.5 Å². The molecule has 1 unspecified atom stereocenters. The highest BCUT2D eigenvalue weighted by atomic mass is 16.6. The lowest BCUT2D eigenvalue weighted by atomic mass is 10.0. The molecule has 0 radical (unpaired) electrons. The summed E-state index contributed by atoms with van der Waals surface area (Å²) in [5, 5.41) is 0. The molecule has 3 aromatic rings. The lowest BCUT2D eigenvalue weighted by Gasteiger charge is -2.34. The van der Waals surface area contributed by atoms with E-state index in [1.807, 2.05) is 48.5 Å². The first-order valence-corrected chi connectivity index (χ1v) is 9.82. The van der Waals surface area contributed by atoms with Gasteiger partial charge in [0, 0.05) is 12.6 Å². The Labute approximate surface area is 159 Å². The van der Waals surface area contributed by atoms with E-state index < -0.39 is 0 Å². The van der Waals surface area contributed by atoms with Crippen molar-refractivity contribution in [1.29, 1.82) is 0 Å². The fourth-order valence-corrected chi connectivity index (χ4v) is 3.70. The number of rotatable bonds is 7. The molecule has 5 nitrogen and oxygen atoms in total. The molecule has 1 fully saturated rings. The van der Waals surface area contributed by atoms with E-state index in [2.05, 4.69) is 16.8 Å². The summed E-state index contributed by atoms with van der Waals surface area (Å²) in [6, 6.07) is 15.9. The van der Waals surface area contributed by atoms with Gasteiger partial charge in [0.05, 0.1) is 0 Å². The molecule has 0 amide bonds. The maximum atomic E-state index is 5.92. The molecule has 1 aromatic heterocycles. The number of benzene rings is 2. The maximum absolute atomic E-state index is 5.92. The zero-order chi connectivity index (χ0) is 18.5. The number of nitrogens with zero attached hydrogens (tertiary/aromatic N) is 2. The predicted molar refractivity (Wildman–Crippen MR) is 106 cm³/mol. The molecule has 0 aliphatic carbocycles. The van der Waals surface area contributed by atoms with Gasteiger partial charge in [-0.3, -0.25) is 4.90 Å². The first-order chi connectivity index (χ1) is 13.3. The van der Waals surface area contributed by atoms with Gasteiger partial charge < -0.3 is 13.9 Å². The lowest BCUT2D eigenvalue weighted by Crippen LogP contribution is -2.41. The van der Waals surface area contributed by atoms with E-state index in [-0.39, 0.29) is 6.08 Å². The minimum atomic E-state index is 0.251. The second-order valence-corrected chi connectivity index (χ2v) is 6.96. The van der Waals surface area contributed by atoms with Crippen LogP contribution in [-0.2, 0) is 0 Å². The van der Waals surface area contributed by atoms with Gasteiger partial charge in [-0.05, 0) is 62.2 Å². The summed E-state index contributed by atoms with van der Waals surface area (Å²) in [7, 11) is 0. The molecule has 1 saturated heterocycles. The van der Waals surface area contributed by atoms with Crippen LogP contribution in [0.1, 0.15) is 32.6 Å². The number of aromatic nitrogens is 1. The Hall–Kier alpha value is -2.53. The quantitative estimate of drug-likeness (QED) is 0.570. The summed E-state index contributed by atoms with van der Waals surface area (Å²) in [4.78, 5) is 6.88. The van der Waals surface area contributed by atoms with Crippen molar-refractivity contribution in [2.75, 3.05) is 19.7 Å². The number of ether oxygens (including phenoxy) is 2. The van der Waals surface area contributed by atoms with Crippen LogP contribution in [-0.4, -0.2) is 35.6 Å². The molecule has 0 N–H and O–H groups in total. The number of hydrogen-bond donors (Lipinski definition) is 0. The monoisotopic (exact) mass is 366 g/mol. The van der Waals surface area contributed by atoms with Crippen molar-refractivity contribution in [3.63, 3.8) is 0 Å². The fraction of sp³-hybridized carbons (Fsp3) is 0.409. The third-order valence-corrected chi connectivity index (χ3v) is 5.17. The van der Waals surface area contributed by atoms with E-state index in [0.29, 0.717) is 12.4 Å². The number of hydrogen-bond acceptors (Lipinski definition) is 5. The van der Waals surface area contributed by atoms with E-state index in [1.165, 1.54) is 32.2 Å². The Balaban J connectivity index is 1.29. The van der Waals surface area contributed by atoms with Crippen molar-refractivity contribution in [1.82, 2.24) is 9.88 Å². The van der Waals surface area contributed by atoms with Crippen LogP contribution >= 0.6 is 0 Å². The number of oxazole rings is 1. The van der Waals surface area contributed by atoms with Crippen LogP contribution in [0.3, 0.4) is 0 Å². The highest BCUT2D eigenvalue weighted by molar-refractivity contribution is 5.72. The molecule has 1 atom stereocenters. The van der Waals surface area contributed by atoms with Crippen LogP contribution in [0.4, 0.5) is 0 Å². The van der Waals surface area contributed by atoms with Gasteiger partial charge in [-0.15, -0.1) is 0 Å². The second-order valence-electron chi connectivity index (χ2n) is 6.96. The van der Waals surface area contributed by atoms with Crippen LogP contribution in [0.5, 0.6) is 17.6 Å². The third kappa shape index (κ3) is 4.42. The molecule has 2 heterocycles. The topological polar surface area (TPSA) is 47.7 Å². The molecule has 4 rings (SSSR count). The van der Waals surface area contributed by atoms with Crippen LogP contribution < -0.4 is 9.47 Å². The minimum absolute atomic E-state index is 0.251. The van der Waals surface area contributed by atoms with Gasteiger partial charge in [0.25, 0.3) is 0 Å². The lowest BCUT2D eigenvalue weighted by molar-refractivity contribution is 0.120. The SMILES string of the molecule is CCC1CCCCN1CCOc1ccc(Oc2nc3ccccc3o2)cc1. The predicted octanol–water partition coefficient (Wildman–Crippen LogP) is 5.26. The summed E-state index contributed by atoms with van der Waals surface area (Å²) < 4.78 is 17.2. The smallest absolute Gasteiger partial charge is 0.400 e. The maximum Gasteiger partial charge on any atom is 0.400 e. The van der Waals surface area contributed by atoms with Crippen LogP contribution in [0.2, 0.25) is 0 Å². The average molecular weight is 366 g/mol. The molecule has 0 spiro atoms. The summed E-state index contributed by atoms with van der Waals surface area (Å²) >= 11 is 0. The number of piperidine rings is 1. The first kappa shape index (κ1) is 17.9. The summed E-state index contributed by atoms with van der Waals surface area (Å²) in [5.41, 5.74) is 1.51. The Bertz CT molecular complexity index is 826. The van der Waals surface area contributed by atoms with Gasteiger partial charge in [0.1, 0.15) is 23.6 Å². The number of para-hydroxylation sites is 2. The fourth-order valence-electron chi connectivity index (χ4n) is 3.70. The highest BCUT2D eigenvalue weighted by Gasteiger charge is 2.20. The van der Waals surface area contributed by atoms with Crippen LogP contribution in [0.15, 0.2) is 52.9 Å². The van der Waals surface area contributed by atoms with Gasteiger partial charge >= 0.3 is 6.08 Å². The molecule has 5 heteroatoms. The van der Waals surface area contributed by atoms with Crippen molar-refractivity contribution >= 4 is 11.1 Å². The van der Waals surface area contributed by atoms with Gasteiger partial charge in [0.15, 0.2) is 5.58 Å². The van der Waals surface area contributed by atoms with Gasteiger partial charge in [-0.1, -0.05) is 25.5 Å². The molecular formula is C22H26N2O3. The van der Waals surface area contributed by atoms with E-state index in [9.17, 15) is 0 Å². The van der Waals surface area contributed by atoms with E-state index in [0.717, 1.165) is 29.4 Å². The third-order valence-electron chi connectivity index (χ3n) is 5.17. The standard InChI is InChI=1S/C22H26N2O3/c1-2-17-7-5-6-14-24(17)15-16-25-18-10-12-19(13-11-18)26-22-23-20-8-3-4-9-21(20)27-22/h3-4,8-13,17H,2,5-7,14-16H2,1H3. The largest absolute Gasteiger partial charge is 0.492 e. The Morgan fingerprint density at radius 3 is 2.70 bits per heavy atom. The van der Waals surface area contributed by atoms with Crippen molar-refractivity contribution in [3.8, 4) is 17.6 Å². The molecular weight excluding hydrogens is 340 g/mol. The van der Waals surface area contributed by atoms with Crippen LogP contribution in [0.25, 0.3) is 11.1 Å². The van der Waals surface area contributed by atoms with E-state index in [4.69, 9.17) is 13.9 Å². The molecule has 1 aliphatic rings. The number of likely N-dealkylation sites (tertiary alicyclic amines) is 1. The van der Waals surface area contributed by atoms with E-state index >= 15 is 0 Å². The summed E-state index contributed by atoms with van der Waals surface area (Å²) in [5.74, 6) is 1.53. The summed E-state index contributed by atoms with van der Waals surface area (Å²) in [6.07, 6.45) is 5.45. The zero-order valence-corrected chi connectivity index (χ0v) is 15.8. The molecule has 142 valence electrons. The Morgan fingerprint density at radius 1 is 1.07 bits per heavy atom. The number of fused-ring (bicyclic) bond motifs is 1. The molecule has 1 aliphatic heterocycles. The van der Waals surface area contributed by atoms with Crippen LogP contribution in [0, 0.1) is 0 Å². The first-order valence-electron chi connectivity index (χ1n) is 9.82. The van der Waals surface area contributed by atoms with Gasteiger partial charge in [-0.2, -0.15) is 4.98 Å². The molecule has 0 saturated carbocycles. The van der Waals surface area contributed by atoms with E-state index in [1.54, 1.807) is 0 Å². The molecule has 27 heavy (non-hydrogen) atoms. The summed E-state index contributed by atoms with van der Waals surface area (Å²) in [6.45, 7) is 5.17. The normalized spacial score (nSPS) is 17.9.